The predicted molar refractivity (Wildman–Crippen MR) is 92.3 cm³/mol. The SMILES string of the molecule is CCCN(C(=O)CC1CCCN1)C(C)c1cc2ccccc2o1. The molecule has 1 fully saturated rings. The molecule has 0 spiro atoms. The molecule has 1 aromatic heterocycles. The summed E-state index contributed by atoms with van der Waals surface area (Å²) in [6.45, 7) is 5.97. The molecule has 23 heavy (non-hydrogen) atoms. The van der Waals surface area contributed by atoms with Crippen LogP contribution < -0.4 is 5.32 Å². The van der Waals surface area contributed by atoms with Crippen LogP contribution in [-0.4, -0.2) is 29.9 Å². The summed E-state index contributed by atoms with van der Waals surface area (Å²) in [5.74, 6) is 1.09. The first-order chi connectivity index (χ1) is 11.2. The van der Waals surface area contributed by atoms with E-state index in [1.807, 2.05) is 29.2 Å². The summed E-state index contributed by atoms with van der Waals surface area (Å²) in [5, 5.41) is 4.51. The van der Waals surface area contributed by atoms with Gasteiger partial charge in [0.1, 0.15) is 11.3 Å². The van der Waals surface area contributed by atoms with E-state index >= 15 is 0 Å². The molecule has 3 rings (SSSR count). The summed E-state index contributed by atoms with van der Waals surface area (Å²) in [6.07, 6.45) is 3.81. The minimum absolute atomic E-state index is 0.0312. The zero-order chi connectivity index (χ0) is 16.2. The quantitative estimate of drug-likeness (QED) is 0.880. The molecule has 4 heteroatoms. The van der Waals surface area contributed by atoms with Gasteiger partial charge >= 0.3 is 0 Å². The van der Waals surface area contributed by atoms with Crippen LogP contribution >= 0.6 is 0 Å². The van der Waals surface area contributed by atoms with E-state index in [9.17, 15) is 4.79 Å². The molecule has 0 aliphatic carbocycles. The van der Waals surface area contributed by atoms with Crippen LogP contribution in [0.1, 0.15) is 51.3 Å². The van der Waals surface area contributed by atoms with Gasteiger partial charge in [-0.2, -0.15) is 0 Å². The molecule has 1 aromatic carbocycles. The van der Waals surface area contributed by atoms with Crippen molar-refractivity contribution in [3.8, 4) is 0 Å². The fourth-order valence-electron chi connectivity index (χ4n) is 3.40. The molecule has 2 unspecified atom stereocenters. The lowest BCUT2D eigenvalue weighted by Gasteiger charge is -2.28. The molecule has 0 bridgehead atoms. The Morgan fingerprint density at radius 3 is 2.96 bits per heavy atom. The zero-order valence-electron chi connectivity index (χ0n) is 14.0. The Balaban J connectivity index is 1.76. The monoisotopic (exact) mass is 314 g/mol. The zero-order valence-corrected chi connectivity index (χ0v) is 14.0. The van der Waals surface area contributed by atoms with E-state index in [4.69, 9.17) is 4.42 Å². The topological polar surface area (TPSA) is 45.5 Å². The molecular weight excluding hydrogens is 288 g/mol. The predicted octanol–water partition coefficient (Wildman–Crippen LogP) is 3.87. The van der Waals surface area contributed by atoms with Gasteiger partial charge in [0.05, 0.1) is 6.04 Å². The number of fused-ring (bicyclic) bond motifs is 1. The van der Waals surface area contributed by atoms with Crippen LogP contribution in [0.5, 0.6) is 0 Å². The van der Waals surface area contributed by atoms with Gasteiger partial charge in [0.25, 0.3) is 0 Å². The van der Waals surface area contributed by atoms with Crippen LogP contribution in [0, 0.1) is 0 Å². The Hall–Kier alpha value is -1.81. The fraction of sp³-hybridized carbons (Fsp3) is 0.526. The van der Waals surface area contributed by atoms with Crippen molar-refractivity contribution in [1.82, 2.24) is 10.2 Å². The summed E-state index contributed by atoms with van der Waals surface area (Å²) >= 11 is 0. The smallest absolute Gasteiger partial charge is 0.224 e. The van der Waals surface area contributed by atoms with E-state index < -0.39 is 0 Å². The maximum absolute atomic E-state index is 12.8. The molecule has 1 N–H and O–H groups in total. The maximum Gasteiger partial charge on any atom is 0.224 e. The number of carbonyl (C=O) groups is 1. The van der Waals surface area contributed by atoms with Crippen molar-refractivity contribution < 1.29 is 9.21 Å². The molecule has 0 radical (unpaired) electrons. The van der Waals surface area contributed by atoms with Crippen LogP contribution in [0.15, 0.2) is 34.7 Å². The van der Waals surface area contributed by atoms with Crippen molar-refractivity contribution in [3.63, 3.8) is 0 Å². The Morgan fingerprint density at radius 2 is 2.26 bits per heavy atom. The van der Waals surface area contributed by atoms with Gasteiger partial charge in [-0.05, 0) is 44.9 Å². The van der Waals surface area contributed by atoms with E-state index in [2.05, 4.69) is 25.2 Å². The molecule has 2 aromatic rings. The maximum atomic E-state index is 12.8. The number of hydrogen-bond acceptors (Lipinski definition) is 3. The summed E-state index contributed by atoms with van der Waals surface area (Å²) in [5.41, 5.74) is 0.885. The van der Waals surface area contributed by atoms with Gasteiger partial charge in [-0.15, -0.1) is 0 Å². The number of carbonyl (C=O) groups excluding carboxylic acids is 1. The lowest BCUT2D eigenvalue weighted by molar-refractivity contribution is -0.134. The Kier molecular flexibility index (Phi) is 5.01. The molecule has 1 amide bonds. The van der Waals surface area contributed by atoms with Crippen molar-refractivity contribution >= 4 is 16.9 Å². The number of nitrogens with zero attached hydrogens (tertiary/aromatic N) is 1. The standard InChI is InChI=1S/C19H26N2O2/c1-3-11-21(19(22)13-16-8-6-10-20-16)14(2)18-12-15-7-4-5-9-17(15)23-18/h4-5,7,9,12,14,16,20H,3,6,8,10-11,13H2,1-2H3. The van der Waals surface area contributed by atoms with E-state index in [0.717, 1.165) is 42.7 Å². The highest BCUT2D eigenvalue weighted by molar-refractivity contribution is 5.79. The van der Waals surface area contributed by atoms with Crippen molar-refractivity contribution in [3.05, 3.63) is 36.1 Å². The highest BCUT2D eigenvalue weighted by Gasteiger charge is 2.26. The minimum Gasteiger partial charge on any atom is -0.459 e. The average molecular weight is 314 g/mol. The van der Waals surface area contributed by atoms with E-state index in [-0.39, 0.29) is 11.9 Å². The molecule has 2 heterocycles. The number of nitrogens with one attached hydrogen (secondary N) is 1. The molecule has 2 atom stereocenters. The number of amides is 1. The summed E-state index contributed by atoms with van der Waals surface area (Å²) in [7, 11) is 0. The number of benzene rings is 1. The third-order valence-corrected chi connectivity index (χ3v) is 4.69. The van der Waals surface area contributed by atoms with Gasteiger partial charge < -0.3 is 14.6 Å². The molecule has 0 saturated carbocycles. The highest BCUT2D eigenvalue weighted by Crippen LogP contribution is 2.28. The van der Waals surface area contributed by atoms with Crippen LogP contribution in [0.25, 0.3) is 11.0 Å². The summed E-state index contributed by atoms with van der Waals surface area (Å²) in [4.78, 5) is 14.7. The van der Waals surface area contributed by atoms with Crippen LogP contribution in [0.2, 0.25) is 0 Å². The van der Waals surface area contributed by atoms with E-state index in [0.29, 0.717) is 12.5 Å². The normalized spacial score (nSPS) is 19.1. The largest absolute Gasteiger partial charge is 0.459 e. The first-order valence-corrected chi connectivity index (χ1v) is 8.70. The average Bonchev–Trinajstić information content (AvgIpc) is 3.20. The lowest BCUT2D eigenvalue weighted by atomic mass is 10.1. The Bertz CT molecular complexity index is 625. The first kappa shape index (κ1) is 16.1. The molecule has 4 nitrogen and oxygen atoms in total. The van der Waals surface area contributed by atoms with Gasteiger partial charge in [0, 0.05) is 24.4 Å². The summed E-state index contributed by atoms with van der Waals surface area (Å²) in [6, 6.07) is 10.4. The highest BCUT2D eigenvalue weighted by atomic mass is 16.3. The summed E-state index contributed by atoms with van der Waals surface area (Å²) < 4.78 is 5.97. The second kappa shape index (κ2) is 7.18. The lowest BCUT2D eigenvalue weighted by Crippen LogP contribution is -2.38. The molecule has 124 valence electrons. The van der Waals surface area contributed by atoms with Gasteiger partial charge in [-0.3, -0.25) is 4.79 Å². The van der Waals surface area contributed by atoms with Crippen LogP contribution in [-0.2, 0) is 4.79 Å². The molecule has 1 aliphatic heterocycles. The minimum atomic E-state index is -0.0312. The first-order valence-electron chi connectivity index (χ1n) is 8.70. The van der Waals surface area contributed by atoms with Crippen molar-refractivity contribution in [2.24, 2.45) is 0 Å². The second-order valence-corrected chi connectivity index (χ2v) is 6.45. The second-order valence-electron chi connectivity index (χ2n) is 6.45. The Morgan fingerprint density at radius 1 is 1.43 bits per heavy atom. The molecule has 1 saturated heterocycles. The van der Waals surface area contributed by atoms with Crippen LogP contribution in [0.3, 0.4) is 0 Å². The van der Waals surface area contributed by atoms with Crippen LogP contribution in [0.4, 0.5) is 0 Å². The van der Waals surface area contributed by atoms with Gasteiger partial charge in [-0.1, -0.05) is 25.1 Å². The fourth-order valence-corrected chi connectivity index (χ4v) is 3.40. The van der Waals surface area contributed by atoms with Gasteiger partial charge in [0.2, 0.25) is 5.91 Å². The van der Waals surface area contributed by atoms with Gasteiger partial charge in [0.15, 0.2) is 0 Å². The molecular formula is C19H26N2O2. The number of rotatable bonds is 6. The molecule has 1 aliphatic rings. The van der Waals surface area contributed by atoms with E-state index in [1.165, 1.54) is 6.42 Å². The third kappa shape index (κ3) is 3.58. The van der Waals surface area contributed by atoms with Crippen molar-refractivity contribution in [2.45, 2.75) is 51.6 Å². The number of hydrogen-bond donors (Lipinski definition) is 1. The van der Waals surface area contributed by atoms with Crippen molar-refractivity contribution in [2.75, 3.05) is 13.1 Å². The van der Waals surface area contributed by atoms with E-state index in [1.54, 1.807) is 0 Å². The third-order valence-electron chi connectivity index (χ3n) is 4.69. The van der Waals surface area contributed by atoms with Crippen molar-refractivity contribution in [1.29, 1.82) is 0 Å². The Labute approximate surface area is 137 Å². The van der Waals surface area contributed by atoms with Gasteiger partial charge in [-0.25, -0.2) is 0 Å². The number of furan rings is 1. The number of para-hydroxylation sites is 1.